The number of rotatable bonds is 2. The van der Waals surface area contributed by atoms with Crippen molar-refractivity contribution in [3.05, 3.63) is 35.0 Å². The lowest BCUT2D eigenvalue weighted by atomic mass is 9.98. The SMILES string of the molecule is CC1CCN(C(=O)c2ccc3c(c2)c2c(n3S(C)(=O)=O)CCNC2)CC1. The van der Waals surface area contributed by atoms with Crippen LogP contribution in [0.5, 0.6) is 0 Å². The Kier molecular flexibility index (Phi) is 4.31. The van der Waals surface area contributed by atoms with Crippen molar-refractivity contribution < 1.29 is 13.2 Å². The Morgan fingerprint density at radius 2 is 1.96 bits per heavy atom. The Morgan fingerprint density at radius 3 is 2.65 bits per heavy atom. The van der Waals surface area contributed by atoms with Gasteiger partial charge in [-0.2, -0.15) is 0 Å². The number of nitrogens with zero attached hydrogens (tertiary/aromatic N) is 2. The zero-order chi connectivity index (χ0) is 18.5. The van der Waals surface area contributed by atoms with Gasteiger partial charge in [-0.15, -0.1) is 0 Å². The zero-order valence-electron chi connectivity index (χ0n) is 15.3. The van der Waals surface area contributed by atoms with E-state index in [0.717, 1.165) is 49.1 Å². The van der Waals surface area contributed by atoms with Crippen LogP contribution in [0.3, 0.4) is 0 Å². The molecule has 1 amide bonds. The number of hydrogen-bond donors (Lipinski definition) is 1. The monoisotopic (exact) mass is 375 g/mol. The van der Waals surface area contributed by atoms with Gasteiger partial charge in [0.15, 0.2) is 0 Å². The molecular formula is C19H25N3O3S. The van der Waals surface area contributed by atoms with Crippen molar-refractivity contribution in [2.24, 2.45) is 5.92 Å². The molecule has 26 heavy (non-hydrogen) atoms. The number of carbonyl (C=O) groups is 1. The molecule has 0 bridgehead atoms. The molecule has 4 rings (SSSR count). The number of aromatic nitrogens is 1. The van der Waals surface area contributed by atoms with Gasteiger partial charge in [-0.3, -0.25) is 4.79 Å². The summed E-state index contributed by atoms with van der Waals surface area (Å²) in [5, 5.41) is 4.18. The molecule has 0 unspecified atom stereocenters. The van der Waals surface area contributed by atoms with Crippen molar-refractivity contribution >= 4 is 26.8 Å². The summed E-state index contributed by atoms with van der Waals surface area (Å²) in [4.78, 5) is 14.8. The number of hydrogen-bond acceptors (Lipinski definition) is 4. The molecule has 0 spiro atoms. The second-order valence-corrected chi connectivity index (χ2v) is 9.42. The van der Waals surface area contributed by atoms with E-state index in [-0.39, 0.29) is 5.91 Å². The Balaban J connectivity index is 1.79. The Hall–Kier alpha value is -1.86. The van der Waals surface area contributed by atoms with Crippen LogP contribution in [0.25, 0.3) is 10.9 Å². The average Bonchev–Trinajstić information content (AvgIpc) is 2.95. The molecule has 0 aliphatic carbocycles. The van der Waals surface area contributed by atoms with Crippen LogP contribution in [-0.2, 0) is 23.0 Å². The number of fused-ring (bicyclic) bond motifs is 3. The third-order valence-electron chi connectivity index (χ3n) is 5.62. The fourth-order valence-corrected chi connectivity index (χ4v) is 5.27. The van der Waals surface area contributed by atoms with Crippen molar-refractivity contribution in [3.63, 3.8) is 0 Å². The quantitative estimate of drug-likeness (QED) is 0.871. The van der Waals surface area contributed by atoms with Crippen molar-refractivity contribution in [2.45, 2.75) is 32.7 Å². The molecular weight excluding hydrogens is 350 g/mol. The lowest BCUT2D eigenvalue weighted by molar-refractivity contribution is 0.0697. The molecule has 1 aromatic heterocycles. The third-order valence-corrected chi connectivity index (χ3v) is 6.70. The van der Waals surface area contributed by atoms with Crippen molar-refractivity contribution in [3.8, 4) is 0 Å². The molecule has 1 saturated heterocycles. The Bertz CT molecular complexity index is 970. The highest BCUT2D eigenvalue weighted by molar-refractivity contribution is 7.89. The van der Waals surface area contributed by atoms with Gasteiger partial charge in [-0.05, 0) is 42.5 Å². The highest BCUT2D eigenvalue weighted by Crippen LogP contribution is 2.31. The van der Waals surface area contributed by atoms with E-state index < -0.39 is 10.0 Å². The van der Waals surface area contributed by atoms with Gasteiger partial charge >= 0.3 is 0 Å². The van der Waals surface area contributed by atoms with Gasteiger partial charge in [-0.25, -0.2) is 12.4 Å². The highest BCUT2D eigenvalue weighted by atomic mass is 32.2. The number of carbonyl (C=O) groups excluding carboxylic acids is 1. The molecule has 1 N–H and O–H groups in total. The van der Waals surface area contributed by atoms with Crippen LogP contribution < -0.4 is 5.32 Å². The van der Waals surface area contributed by atoms with E-state index in [4.69, 9.17) is 0 Å². The number of amides is 1. The van der Waals surface area contributed by atoms with Crippen LogP contribution >= 0.6 is 0 Å². The van der Waals surface area contributed by atoms with Crippen LogP contribution in [0.15, 0.2) is 18.2 Å². The first-order valence-corrected chi connectivity index (χ1v) is 11.1. The molecule has 2 aliphatic rings. The van der Waals surface area contributed by atoms with E-state index in [2.05, 4.69) is 12.2 Å². The summed E-state index contributed by atoms with van der Waals surface area (Å²) in [6, 6.07) is 5.43. The summed E-state index contributed by atoms with van der Waals surface area (Å²) in [6.45, 7) is 5.20. The van der Waals surface area contributed by atoms with E-state index in [0.29, 0.717) is 30.0 Å². The number of nitrogens with one attached hydrogen (secondary N) is 1. The van der Waals surface area contributed by atoms with Gasteiger partial charge in [0.25, 0.3) is 5.91 Å². The van der Waals surface area contributed by atoms with Crippen LogP contribution in [0.4, 0.5) is 0 Å². The molecule has 1 aromatic carbocycles. The molecule has 0 radical (unpaired) electrons. The molecule has 7 heteroatoms. The van der Waals surface area contributed by atoms with Crippen LogP contribution in [0.2, 0.25) is 0 Å². The molecule has 0 atom stereocenters. The summed E-state index contributed by atoms with van der Waals surface area (Å²) in [7, 11) is -3.39. The van der Waals surface area contributed by atoms with Gasteiger partial charge in [0.1, 0.15) is 0 Å². The predicted molar refractivity (Wildman–Crippen MR) is 102 cm³/mol. The maximum absolute atomic E-state index is 12.9. The normalized spacial score (nSPS) is 18.9. The maximum Gasteiger partial charge on any atom is 0.253 e. The van der Waals surface area contributed by atoms with Crippen LogP contribution in [0, 0.1) is 5.92 Å². The van der Waals surface area contributed by atoms with E-state index >= 15 is 0 Å². The van der Waals surface area contributed by atoms with Gasteiger partial charge in [0.2, 0.25) is 10.0 Å². The van der Waals surface area contributed by atoms with E-state index in [1.807, 2.05) is 11.0 Å². The number of piperidine rings is 1. The van der Waals surface area contributed by atoms with Gasteiger partial charge in [0, 0.05) is 49.2 Å². The van der Waals surface area contributed by atoms with E-state index in [9.17, 15) is 13.2 Å². The highest BCUT2D eigenvalue weighted by Gasteiger charge is 2.26. The Morgan fingerprint density at radius 1 is 1.23 bits per heavy atom. The standard InChI is InChI=1S/C19H25N3O3S/c1-13-6-9-21(10-7-13)19(23)14-3-4-17-15(11-14)16-12-20-8-5-18(16)22(17)26(2,24)25/h3-4,11,13,20H,5-10,12H2,1-2H3. The summed E-state index contributed by atoms with van der Waals surface area (Å²) >= 11 is 0. The lowest BCUT2D eigenvalue weighted by Gasteiger charge is -2.30. The molecule has 140 valence electrons. The van der Waals surface area contributed by atoms with Crippen molar-refractivity contribution in [2.75, 3.05) is 25.9 Å². The lowest BCUT2D eigenvalue weighted by Crippen LogP contribution is -2.37. The number of benzene rings is 1. The first kappa shape index (κ1) is 17.5. The summed E-state index contributed by atoms with van der Waals surface area (Å²) in [6.07, 6.45) is 3.99. The molecule has 2 aromatic rings. The fraction of sp³-hybridized carbons (Fsp3) is 0.526. The second-order valence-electron chi connectivity index (χ2n) is 7.59. The molecule has 1 fully saturated rings. The minimum Gasteiger partial charge on any atom is -0.339 e. The van der Waals surface area contributed by atoms with Gasteiger partial charge < -0.3 is 10.2 Å². The molecule has 3 heterocycles. The summed E-state index contributed by atoms with van der Waals surface area (Å²) in [5.74, 6) is 0.715. The Labute approximate surface area is 154 Å². The first-order chi connectivity index (χ1) is 12.4. The molecule has 6 nitrogen and oxygen atoms in total. The topological polar surface area (TPSA) is 71.4 Å². The second kappa shape index (κ2) is 6.39. The zero-order valence-corrected chi connectivity index (χ0v) is 16.1. The smallest absolute Gasteiger partial charge is 0.253 e. The average molecular weight is 375 g/mol. The summed E-state index contributed by atoms with van der Waals surface area (Å²) < 4.78 is 26.1. The van der Waals surface area contributed by atoms with Gasteiger partial charge in [-0.1, -0.05) is 6.92 Å². The van der Waals surface area contributed by atoms with E-state index in [1.165, 1.54) is 10.2 Å². The largest absolute Gasteiger partial charge is 0.339 e. The van der Waals surface area contributed by atoms with Crippen molar-refractivity contribution in [1.82, 2.24) is 14.2 Å². The van der Waals surface area contributed by atoms with Crippen LogP contribution in [0.1, 0.15) is 41.4 Å². The minimum absolute atomic E-state index is 0.0448. The molecule has 2 aliphatic heterocycles. The fourth-order valence-electron chi connectivity index (χ4n) is 4.15. The van der Waals surface area contributed by atoms with Crippen molar-refractivity contribution in [1.29, 1.82) is 0 Å². The number of likely N-dealkylation sites (tertiary alicyclic amines) is 1. The predicted octanol–water partition coefficient (Wildman–Crippen LogP) is 1.97. The van der Waals surface area contributed by atoms with Crippen LogP contribution in [-0.4, -0.2) is 49.1 Å². The summed E-state index contributed by atoms with van der Waals surface area (Å²) in [5.41, 5.74) is 3.16. The molecule has 0 saturated carbocycles. The van der Waals surface area contributed by atoms with E-state index in [1.54, 1.807) is 12.1 Å². The first-order valence-electron chi connectivity index (χ1n) is 9.23. The minimum atomic E-state index is -3.39. The third kappa shape index (κ3) is 2.93. The maximum atomic E-state index is 12.9. The van der Waals surface area contributed by atoms with Gasteiger partial charge in [0.05, 0.1) is 11.8 Å².